The predicted octanol–water partition coefficient (Wildman–Crippen LogP) is 4.32. The number of ether oxygens (including phenoxy) is 2. The zero-order valence-electron chi connectivity index (χ0n) is 16.4. The third-order valence-electron chi connectivity index (χ3n) is 3.89. The number of nitrogens with two attached hydrogens (primary N) is 1. The molecule has 2 aromatic carbocycles. The number of nitrogens with zero attached hydrogens (tertiary/aromatic N) is 4. The normalized spacial score (nSPS) is 10.9. The molecular weight excluding hydrogens is 404 g/mol. The number of nitriles is 1. The fraction of sp³-hybridized carbons (Fsp3) is 0.143. The van der Waals surface area contributed by atoms with Crippen molar-refractivity contribution >= 4 is 40.8 Å². The number of benzene rings is 2. The first-order chi connectivity index (χ1) is 14.5. The van der Waals surface area contributed by atoms with Gasteiger partial charge in [-0.2, -0.15) is 20.2 Å². The highest BCUT2D eigenvalue weighted by Crippen LogP contribution is 2.37. The molecule has 1 heterocycles. The quantitative estimate of drug-likeness (QED) is 0.540. The fourth-order valence-electron chi connectivity index (χ4n) is 2.67. The summed E-state index contributed by atoms with van der Waals surface area (Å²) in [4.78, 5) is 12.5. The predicted molar refractivity (Wildman–Crippen MR) is 117 cm³/mol. The first-order valence-electron chi connectivity index (χ1n) is 9.00. The third kappa shape index (κ3) is 4.96. The first kappa shape index (κ1) is 20.9. The van der Waals surface area contributed by atoms with Gasteiger partial charge in [0.2, 0.25) is 11.9 Å². The SMILES string of the molecule is CCOc1cc(/C=C(\C#N)c2nc(N)nc(Nc3ccccc3)n2)cc(Cl)c1OC. The van der Waals surface area contributed by atoms with E-state index >= 15 is 0 Å². The number of allylic oxidation sites excluding steroid dienone is 1. The largest absolute Gasteiger partial charge is 0.491 e. The van der Waals surface area contributed by atoms with Crippen LogP contribution >= 0.6 is 11.6 Å². The van der Waals surface area contributed by atoms with Crippen molar-refractivity contribution in [1.29, 1.82) is 5.26 Å². The average Bonchev–Trinajstić information content (AvgIpc) is 2.72. The molecule has 9 heteroatoms. The van der Waals surface area contributed by atoms with Crippen LogP contribution in [0.4, 0.5) is 17.6 Å². The lowest BCUT2D eigenvalue weighted by atomic mass is 10.1. The number of anilines is 3. The van der Waals surface area contributed by atoms with Crippen molar-refractivity contribution < 1.29 is 9.47 Å². The average molecular weight is 423 g/mol. The molecule has 0 aliphatic heterocycles. The van der Waals surface area contributed by atoms with Crippen molar-refractivity contribution in [2.24, 2.45) is 0 Å². The summed E-state index contributed by atoms with van der Waals surface area (Å²) >= 11 is 6.30. The van der Waals surface area contributed by atoms with Crippen molar-refractivity contribution in [3.63, 3.8) is 0 Å². The maximum absolute atomic E-state index is 9.69. The molecule has 152 valence electrons. The third-order valence-corrected chi connectivity index (χ3v) is 4.17. The van der Waals surface area contributed by atoms with Crippen LogP contribution < -0.4 is 20.5 Å². The van der Waals surface area contributed by atoms with Crippen LogP contribution in [-0.2, 0) is 0 Å². The van der Waals surface area contributed by atoms with Gasteiger partial charge < -0.3 is 20.5 Å². The van der Waals surface area contributed by atoms with Crippen molar-refractivity contribution in [3.05, 3.63) is 58.9 Å². The van der Waals surface area contributed by atoms with Gasteiger partial charge in [0.15, 0.2) is 17.3 Å². The van der Waals surface area contributed by atoms with Gasteiger partial charge in [0, 0.05) is 5.69 Å². The van der Waals surface area contributed by atoms with E-state index in [1.54, 1.807) is 18.2 Å². The summed E-state index contributed by atoms with van der Waals surface area (Å²) < 4.78 is 10.9. The van der Waals surface area contributed by atoms with Gasteiger partial charge in [0.05, 0.1) is 24.3 Å². The van der Waals surface area contributed by atoms with Crippen LogP contribution in [0.2, 0.25) is 5.02 Å². The smallest absolute Gasteiger partial charge is 0.232 e. The van der Waals surface area contributed by atoms with Crippen molar-refractivity contribution in [1.82, 2.24) is 15.0 Å². The van der Waals surface area contributed by atoms with Crippen LogP contribution in [0.3, 0.4) is 0 Å². The highest BCUT2D eigenvalue weighted by atomic mass is 35.5. The maximum atomic E-state index is 9.69. The minimum Gasteiger partial charge on any atom is -0.491 e. The molecule has 0 saturated carbocycles. The number of aromatic nitrogens is 3. The molecule has 0 atom stereocenters. The summed E-state index contributed by atoms with van der Waals surface area (Å²) in [7, 11) is 1.51. The summed E-state index contributed by atoms with van der Waals surface area (Å²) in [6, 6.07) is 14.8. The van der Waals surface area contributed by atoms with Gasteiger partial charge in [-0.1, -0.05) is 29.8 Å². The molecule has 3 aromatic rings. The molecule has 3 N–H and O–H groups in total. The van der Waals surface area contributed by atoms with Crippen LogP contribution in [0.5, 0.6) is 11.5 Å². The van der Waals surface area contributed by atoms with E-state index in [2.05, 4.69) is 26.3 Å². The Morgan fingerprint density at radius 1 is 1.23 bits per heavy atom. The Balaban J connectivity index is 2.00. The minimum absolute atomic E-state index is 0.0117. The van der Waals surface area contributed by atoms with E-state index in [9.17, 15) is 5.26 Å². The highest BCUT2D eigenvalue weighted by molar-refractivity contribution is 6.32. The van der Waals surface area contributed by atoms with Crippen LogP contribution in [0.1, 0.15) is 18.3 Å². The van der Waals surface area contributed by atoms with E-state index in [-0.39, 0.29) is 23.3 Å². The summed E-state index contributed by atoms with van der Waals surface area (Å²) in [6.07, 6.45) is 1.59. The van der Waals surface area contributed by atoms with Crippen LogP contribution in [0, 0.1) is 11.3 Å². The zero-order chi connectivity index (χ0) is 21.5. The van der Waals surface area contributed by atoms with Crippen LogP contribution in [0.15, 0.2) is 42.5 Å². The Bertz CT molecular complexity index is 1110. The van der Waals surface area contributed by atoms with E-state index < -0.39 is 0 Å². The van der Waals surface area contributed by atoms with E-state index in [1.165, 1.54) is 7.11 Å². The molecule has 0 fully saturated rings. The van der Waals surface area contributed by atoms with Gasteiger partial charge in [0.25, 0.3) is 0 Å². The first-order valence-corrected chi connectivity index (χ1v) is 9.38. The number of methoxy groups -OCH3 is 1. The lowest BCUT2D eigenvalue weighted by Gasteiger charge is -2.12. The minimum atomic E-state index is -0.0117. The van der Waals surface area contributed by atoms with E-state index in [0.717, 1.165) is 5.69 Å². The number of halogens is 1. The van der Waals surface area contributed by atoms with Gasteiger partial charge in [0.1, 0.15) is 6.07 Å². The number of para-hydroxylation sites is 1. The molecule has 8 nitrogen and oxygen atoms in total. The van der Waals surface area contributed by atoms with Gasteiger partial charge >= 0.3 is 0 Å². The molecular formula is C21H19ClN6O2. The highest BCUT2D eigenvalue weighted by Gasteiger charge is 2.14. The second-order valence-corrected chi connectivity index (χ2v) is 6.38. The van der Waals surface area contributed by atoms with Gasteiger partial charge in [-0.25, -0.2) is 0 Å². The molecule has 0 radical (unpaired) electrons. The molecule has 0 aliphatic rings. The topological polar surface area (TPSA) is 119 Å². The summed E-state index contributed by atoms with van der Waals surface area (Å²) in [5, 5.41) is 13.1. The molecule has 0 spiro atoms. The molecule has 0 amide bonds. The molecule has 0 saturated heterocycles. The molecule has 0 bridgehead atoms. The Morgan fingerprint density at radius 3 is 2.67 bits per heavy atom. The van der Waals surface area contributed by atoms with E-state index in [0.29, 0.717) is 28.7 Å². The van der Waals surface area contributed by atoms with Crippen LogP contribution in [-0.4, -0.2) is 28.7 Å². The number of nitrogens with one attached hydrogen (secondary N) is 1. The molecule has 30 heavy (non-hydrogen) atoms. The second kappa shape index (κ2) is 9.58. The Hall–Kier alpha value is -3.83. The Morgan fingerprint density at radius 2 is 2.00 bits per heavy atom. The number of hydrogen-bond acceptors (Lipinski definition) is 8. The zero-order valence-corrected chi connectivity index (χ0v) is 17.1. The van der Waals surface area contributed by atoms with Crippen molar-refractivity contribution in [3.8, 4) is 17.6 Å². The number of nitrogen functional groups attached to an aromatic ring is 1. The lowest BCUT2D eigenvalue weighted by molar-refractivity contribution is 0.311. The molecule has 3 rings (SSSR count). The monoisotopic (exact) mass is 422 g/mol. The standard InChI is InChI=1S/C21H19ClN6O2/c1-3-30-17-11-13(10-16(22)18(17)29-2)9-14(12-23)19-26-20(24)28-21(27-19)25-15-7-5-4-6-8-15/h4-11H,3H2,1-2H3,(H3,24,25,26,27,28)/b14-9+. The summed E-state index contributed by atoms with van der Waals surface area (Å²) in [5.74, 6) is 1.24. The number of rotatable bonds is 7. The van der Waals surface area contributed by atoms with Crippen LogP contribution in [0.25, 0.3) is 11.6 Å². The molecule has 0 aliphatic carbocycles. The Labute approximate surface area is 179 Å². The van der Waals surface area contributed by atoms with E-state index in [4.69, 9.17) is 26.8 Å². The molecule has 1 aromatic heterocycles. The van der Waals surface area contributed by atoms with Gasteiger partial charge in [-0.05, 0) is 42.8 Å². The maximum Gasteiger partial charge on any atom is 0.232 e. The van der Waals surface area contributed by atoms with Crippen molar-refractivity contribution in [2.45, 2.75) is 6.92 Å². The number of hydrogen-bond donors (Lipinski definition) is 2. The lowest BCUT2D eigenvalue weighted by Crippen LogP contribution is -2.06. The van der Waals surface area contributed by atoms with Crippen molar-refractivity contribution in [2.75, 3.05) is 24.8 Å². The van der Waals surface area contributed by atoms with Gasteiger partial charge in [-0.3, -0.25) is 0 Å². The Kier molecular flexibility index (Phi) is 6.67. The summed E-state index contributed by atoms with van der Waals surface area (Å²) in [6.45, 7) is 2.29. The van der Waals surface area contributed by atoms with E-state index in [1.807, 2.05) is 37.3 Å². The molecule has 0 unspecified atom stereocenters. The second-order valence-electron chi connectivity index (χ2n) is 5.97. The fourth-order valence-corrected chi connectivity index (χ4v) is 2.96. The van der Waals surface area contributed by atoms with Gasteiger partial charge in [-0.15, -0.1) is 0 Å². The summed E-state index contributed by atoms with van der Waals surface area (Å²) in [5.41, 5.74) is 7.41.